The average molecular weight is 257 g/mol. The Morgan fingerprint density at radius 3 is 2.76 bits per heavy atom. The lowest BCUT2D eigenvalue weighted by atomic mass is 10.2. The molecular weight excluding hydrogens is 244 g/mol. The third-order valence-electron chi connectivity index (χ3n) is 2.63. The maximum Gasteiger partial charge on any atom is 0.335 e. The highest BCUT2D eigenvalue weighted by Gasteiger charge is 2.23. The van der Waals surface area contributed by atoms with Gasteiger partial charge in [-0.1, -0.05) is 11.6 Å². The summed E-state index contributed by atoms with van der Waals surface area (Å²) in [7, 11) is 1.48. The number of hydrogen-bond donors (Lipinski definition) is 1. The third-order valence-corrected chi connectivity index (χ3v) is 2.91. The maximum atomic E-state index is 10.9. The minimum atomic E-state index is -1.04. The van der Waals surface area contributed by atoms with E-state index in [4.69, 9.17) is 26.2 Å². The number of carboxylic acids is 1. The summed E-state index contributed by atoms with van der Waals surface area (Å²) in [6.07, 6.45) is 2.32. The molecular formula is C12H13ClO4. The fourth-order valence-corrected chi connectivity index (χ4v) is 1.78. The van der Waals surface area contributed by atoms with Gasteiger partial charge in [0.25, 0.3) is 0 Å². The molecule has 1 aliphatic rings. The van der Waals surface area contributed by atoms with Gasteiger partial charge in [-0.3, -0.25) is 0 Å². The highest BCUT2D eigenvalue weighted by molar-refractivity contribution is 6.32. The van der Waals surface area contributed by atoms with Crippen molar-refractivity contribution in [3.8, 4) is 11.5 Å². The van der Waals surface area contributed by atoms with Crippen LogP contribution in [0.25, 0.3) is 0 Å². The van der Waals surface area contributed by atoms with Crippen molar-refractivity contribution in [1.82, 2.24) is 0 Å². The molecule has 0 amide bonds. The van der Waals surface area contributed by atoms with Crippen molar-refractivity contribution in [2.24, 2.45) is 5.92 Å². The van der Waals surface area contributed by atoms with E-state index in [0.717, 1.165) is 12.8 Å². The highest BCUT2D eigenvalue weighted by Crippen LogP contribution is 2.38. The van der Waals surface area contributed by atoms with E-state index >= 15 is 0 Å². The van der Waals surface area contributed by atoms with Crippen LogP contribution in [0.15, 0.2) is 12.1 Å². The van der Waals surface area contributed by atoms with E-state index in [1.807, 2.05) is 0 Å². The molecule has 0 bridgehead atoms. The zero-order valence-corrected chi connectivity index (χ0v) is 10.2. The fraction of sp³-hybridized carbons (Fsp3) is 0.417. The summed E-state index contributed by atoms with van der Waals surface area (Å²) < 4.78 is 10.7. The van der Waals surface area contributed by atoms with Crippen LogP contribution in [0.2, 0.25) is 5.02 Å². The Labute approximate surface area is 104 Å². The first kappa shape index (κ1) is 12.0. The molecule has 1 N–H and O–H groups in total. The molecule has 17 heavy (non-hydrogen) atoms. The molecule has 1 aromatic carbocycles. The van der Waals surface area contributed by atoms with Crippen LogP contribution < -0.4 is 9.47 Å². The van der Waals surface area contributed by atoms with E-state index < -0.39 is 5.97 Å². The molecule has 0 atom stereocenters. The smallest absolute Gasteiger partial charge is 0.335 e. The Morgan fingerprint density at radius 2 is 2.24 bits per heavy atom. The van der Waals surface area contributed by atoms with Gasteiger partial charge >= 0.3 is 5.97 Å². The van der Waals surface area contributed by atoms with Crippen LogP contribution in [-0.2, 0) is 0 Å². The van der Waals surface area contributed by atoms with E-state index in [0.29, 0.717) is 24.0 Å². The molecule has 0 saturated heterocycles. The second-order valence-corrected chi connectivity index (χ2v) is 4.46. The first-order chi connectivity index (χ1) is 8.11. The molecule has 0 spiro atoms. The van der Waals surface area contributed by atoms with Gasteiger partial charge in [-0.2, -0.15) is 0 Å². The first-order valence-corrected chi connectivity index (χ1v) is 5.73. The molecule has 0 heterocycles. The molecule has 2 rings (SSSR count). The zero-order chi connectivity index (χ0) is 12.4. The second-order valence-electron chi connectivity index (χ2n) is 4.05. The lowest BCUT2D eigenvalue weighted by molar-refractivity contribution is 0.0696. The topological polar surface area (TPSA) is 55.8 Å². The second kappa shape index (κ2) is 4.84. The third kappa shape index (κ3) is 2.82. The summed E-state index contributed by atoms with van der Waals surface area (Å²) in [4.78, 5) is 10.9. The van der Waals surface area contributed by atoms with Crippen molar-refractivity contribution in [3.05, 3.63) is 22.7 Å². The molecule has 1 fully saturated rings. The van der Waals surface area contributed by atoms with Gasteiger partial charge in [-0.25, -0.2) is 4.79 Å². The zero-order valence-electron chi connectivity index (χ0n) is 9.40. The van der Waals surface area contributed by atoms with Crippen LogP contribution >= 0.6 is 11.6 Å². The number of carboxylic acid groups (broad SMARTS) is 1. The Hall–Kier alpha value is -1.42. The predicted molar refractivity (Wildman–Crippen MR) is 63.2 cm³/mol. The van der Waals surface area contributed by atoms with Gasteiger partial charge < -0.3 is 14.6 Å². The number of halogens is 1. The Morgan fingerprint density at radius 1 is 1.53 bits per heavy atom. The Bertz CT molecular complexity index is 440. The van der Waals surface area contributed by atoms with Gasteiger partial charge in [0, 0.05) is 0 Å². The number of methoxy groups -OCH3 is 1. The lowest BCUT2D eigenvalue weighted by Gasteiger charge is -2.12. The predicted octanol–water partition coefficient (Wildman–Crippen LogP) is 2.84. The summed E-state index contributed by atoms with van der Waals surface area (Å²) in [6, 6.07) is 2.79. The van der Waals surface area contributed by atoms with Gasteiger partial charge in [-0.15, -0.1) is 0 Å². The van der Waals surface area contributed by atoms with Crippen LogP contribution in [0.4, 0.5) is 0 Å². The molecule has 0 unspecified atom stereocenters. The number of hydrogen-bond acceptors (Lipinski definition) is 3. The number of ether oxygens (including phenoxy) is 2. The van der Waals surface area contributed by atoms with Crippen LogP contribution in [-0.4, -0.2) is 24.8 Å². The van der Waals surface area contributed by atoms with Crippen molar-refractivity contribution in [1.29, 1.82) is 0 Å². The van der Waals surface area contributed by atoms with Crippen LogP contribution in [0.1, 0.15) is 23.2 Å². The van der Waals surface area contributed by atoms with Crippen molar-refractivity contribution < 1.29 is 19.4 Å². The molecule has 4 nitrogen and oxygen atoms in total. The van der Waals surface area contributed by atoms with Crippen molar-refractivity contribution in [2.75, 3.05) is 13.7 Å². The number of rotatable bonds is 5. The van der Waals surface area contributed by atoms with E-state index in [1.54, 1.807) is 0 Å². The van der Waals surface area contributed by atoms with Crippen LogP contribution in [0, 0.1) is 5.92 Å². The summed E-state index contributed by atoms with van der Waals surface area (Å²) in [6.45, 7) is 0.579. The van der Waals surface area contributed by atoms with Gasteiger partial charge in [0.15, 0.2) is 11.5 Å². The molecule has 1 saturated carbocycles. The van der Waals surface area contributed by atoms with Gasteiger partial charge in [0.1, 0.15) is 0 Å². The lowest BCUT2D eigenvalue weighted by Crippen LogP contribution is -2.04. The van der Waals surface area contributed by atoms with Gasteiger partial charge in [-0.05, 0) is 30.9 Å². The molecule has 92 valence electrons. The maximum absolute atomic E-state index is 10.9. The summed E-state index contributed by atoms with van der Waals surface area (Å²) in [5, 5.41) is 9.18. The molecule has 1 aliphatic carbocycles. The highest BCUT2D eigenvalue weighted by atomic mass is 35.5. The standard InChI is InChI=1S/C12H13ClO4/c1-16-11-9(13)4-8(12(14)15)5-10(11)17-6-7-2-3-7/h4-5,7H,2-3,6H2,1H3,(H,14,15). The summed E-state index contributed by atoms with van der Waals surface area (Å²) in [5.74, 6) is 0.319. The summed E-state index contributed by atoms with van der Waals surface area (Å²) in [5.41, 5.74) is 0.0987. The van der Waals surface area contributed by atoms with E-state index in [9.17, 15) is 4.79 Å². The minimum Gasteiger partial charge on any atom is -0.491 e. The first-order valence-electron chi connectivity index (χ1n) is 5.35. The Balaban J connectivity index is 2.27. The number of carbonyl (C=O) groups is 1. The van der Waals surface area contributed by atoms with Crippen LogP contribution in [0.3, 0.4) is 0 Å². The van der Waals surface area contributed by atoms with Crippen molar-refractivity contribution in [3.63, 3.8) is 0 Å². The summed E-state index contributed by atoms with van der Waals surface area (Å²) >= 11 is 5.94. The fourth-order valence-electron chi connectivity index (χ4n) is 1.49. The Kier molecular flexibility index (Phi) is 3.43. The monoisotopic (exact) mass is 256 g/mol. The molecule has 0 aromatic heterocycles. The van der Waals surface area contributed by atoms with Crippen molar-refractivity contribution in [2.45, 2.75) is 12.8 Å². The minimum absolute atomic E-state index is 0.0987. The normalized spacial score (nSPS) is 14.5. The van der Waals surface area contributed by atoms with E-state index in [1.165, 1.54) is 19.2 Å². The average Bonchev–Trinajstić information content (AvgIpc) is 3.09. The molecule has 0 radical (unpaired) electrons. The van der Waals surface area contributed by atoms with E-state index in [-0.39, 0.29) is 10.6 Å². The SMILES string of the molecule is COc1c(Cl)cc(C(=O)O)cc1OCC1CC1. The number of aromatic carboxylic acids is 1. The van der Waals surface area contributed by atoms with Crippen LogP contribution in [0.5, 0.6) is 11.5 Å². The quantitative estimate of drug-likeness (QED) is 0.880. The number of benzene rings is 1. The largest absolute Gasteiger partial charge is 0.491 e. The van der Waals surface area contributed by atoms with E-state index in [2.05, 4.69) is 0 Å². The molecule has 0 aliphatic heterocycles. The molecule has 5 heteroatoms. The molecule has 1 aromatic rings. The van der Waals surface area contributed by atoms with Gasteiger partial charge in [0.2, 0.25) is 0 Å². The van der Waals surface area contributed by atoms with Crippen molar-refractivity contribution >= 4 is 17.6 Å². The van der Waals surface area contributed by atoms with Gasteiger partial charge in [0.05, 0.1) is 24.3 Å².